The summed E-state index contributed by atoms with van der Waals surface area (Å²) >= 11 is 6.30. The van der Waals surface area contributed by atoms with Crippen LogP contribution in [-0.4, -0.2) is 32.6 Å². The van der Waals surface area contributed by atoms with Gasteiger partial charge in [0.25, 0.3) is 0 Å². The zero-order valence-electron chi connectivity index (χ0n) is 12.7. The molecule has 5 heteroatoms. The zero-order valence-corrected chi connectivity index (χ0v) is 13.4. The van der Waals surface area contributed by atoms with E-state index in [1.165, 1.54) is 0 Å². The lowest BCUT2D eigenvalue weighted by molar-refractivity contribution is -0.120. The van der Waals surface area contributed by atoms with E-state index in [1.807, 2.05) is 25.2 Å². The van der Waals surface area contributed by atoms with Crippen LogP contribution >= 0.6 is 11.6 Å². The van der Waals surface area contributed by atoms with E-state index in [2.05, 4.69) is 29.4 Å². The Morgan fingerprint density at radius 1 is 1.40 bits per heavy atom. The maximum absolute atomic E-state index is 11.3. The van der Waals surface area contributed by atoms with Gasteiger partial charge in [-0.15, -0.1) is 0 Å². The van der Waals surface area contributed by atoms with E-state index in [-0.39, 0.29) is 5.91 Å². The first-order chi connectivity index (χ1) is 9.45. The molecule has 1 aromatic carbocycles. The van der Waals surface area contributed by atoms with Crippen molar-refractivity contribution in [2.24, 2.45) is 0 Å². The van der Waals surface area contributed by atoms with Gasteiger partial charge in [-0.25, -0.2) is 0 Å². The van der Waals surface area contributed by atoms with E-state index < -0.39 is 0 Å². The molecule has 1 aromatic rings. The second-order valence-corrected chi connectivity index (χ2v) is 5.53. The summed E-state index contributed by atoms with van der Waals surface area (Å²) in [6.07, 6.45) is 0.469. The number of hydrogen-bond acceptors (Lipinski definition) is 3. The number of benzene rings is 1. The number of amides is 1. The number of hydrogen-bond donors (Lipinski definition) is 2. The predicted molar refractivity (Wildman–Crippen MR) is 85.4 cm³/mol. The fourth-order valence-electron chi connectivity index (χ4n) is 1.90. The Morgan fingerprint density at radius 2 is 2.10 bits per heavy atom. The molecule has 0 saturated carbocycles. The van der Waals surface area contributed by atoms with Crippen LogP contribution in [0.3, 0.4) is 0 Å². The van der Waals surface area contributed by atoms with Gasteiger partial charge in [0.2, 0.25) is 5.91 Å². The van der Waals surface area contributed by atoms with Gasteiger partial charge in [0.15, 0.2) is 0 Å². The van der Waals surface area contributed by atoms with Crippen LogP contribution in [0.1, 0.15) is 25.8 Å². The van der Waals surface area contributed by atoms with Crippen molar-refractivity contribution >= 4 is 23.2 Å². The van der Waals surface area contributed by atoms with E-state index in [9.17, 15) is 4.79 Å². The Labute approximate surface area is 126 Å². The van der Waals surface area contributed by atoms with Gasteiger partial charge in [0.05, 0.1) is 0 Å². The average Bonchev–Trinajstić information content (AvgIpc) is 2.42. The molecule has 4 nitrogen and oxygen atoms in total. The van der Waals surface area contributed by atoms with Crippen LogP contribution in [0.2, 0.25) is 5.02 Å². The van der Waals surface area contributed by atoms with Gasteiger partial charge in [-0.1, -0.05) is 31.5 Å². The summed E-state index contributed by atoms with van der Waals surface area (Å²) in [7, 11) is 3.63. The van der Waals surface area contributed by atoms with Crippen LogP contribution in [0.15, 0.2) is 18.2 Å². The minimum atomic E-state index is 0.0423. The predicted octanol–water partition coefficient (Wildman–Crippen LogP) is 2.41. The summed E-state index contributed by atoms with van der Waals surface area (Å²) in [5.41, 5.74) is 2.14. The lowest BCUT2D eigenvalue weighted by atomic mass is 10.1. The van der Waals surface area contributed by atoms with Gasteiger partial charge in [-0.05, 0) is 12.1 Å². The third kappa shape index (κ3) is 5.02. The van der Waals surface area contributed by atoms with Crippen LogP contribution < -0.4 is 15.5 Å². The highest BCUT2D eigenvalue weighted by atomic mass is 35.5. The molecule has 0 radical (unpaired) electrons. The standard InChI is InChI=1S/C15H24ClN3O/c1-11(2)18-10-12-13(16)6-5-7-14(12)19(4)9-8-15(20)17-3/h5-7,11,18H,8-10H2,1-4H3,(H,17,20). The third-order valence-corrected chi connectivity index (χ3v) is 3.50. The van der Waals surface area contributed by atoms with E-state index in [1.54, 1.807) is 7.05 Å². The molecule has 112 valence electrons. The second-order valence-electron chi connectivity index (χ2n) is 5.12. The third-order valence-electron chi connectivity index (χ3n) is 3.15. The Kier molecular flexibility index (Phi) is 6.82. The summed E-state index contributed by atoms with van der Waals surface area (Å²) < 4.78 is 0. The van der Waals surface area contributed by atoms with Gasteiger partial charge in [-0.2, -0.15) is 0 Å². The summed E-state index contributed by atoms with van der Waals surface area (Å²) in [5.74, 6) is 0.0423. The molecule has 0 aliphatic carbocycles. The molecule has 0 aliphatic heterocycles. The molecule has 0 fully saturated rings. The molecule has 2 N–H and O–H groups in total. The lowest BCUT2D eigenvalue weighted by Gasteiger charge is -2.23. The van der Waals surface area contributed by atoms with Crippen LogP contribution in [0.5, 0.6) is 0 Å². The Hall–Kier alpha value is -1.26. The number of halogens is 1. The van der Waals surface area contributed by atoms with E-state index in [0.717, 1.165) is 22.8 Å². The van der Waals surface area contributed by atoms with Crippen molar-refractivity contribution in [3.05, 3.63) is 28.8 Å². The minimum Gasteiger partial charge on any atom is -0.374 e. The van der Waals surface area contributed by atoms with Crippen molar-refractivity contribution in [2.75, 3.05) is 25.5 Å². The fraction of sp³-hybridized carbons (Fsp3) is 0.533. The van der Waals surface area contributed by atoms with Crippen molar-refractivity contribution in [1.82, 2.24) is 10.6 Å². The fourth-order valence-corrected chi connectivity index (χ4v) is 2.14. The molecule has 0 heterocycles. The zero-order chi connectivity index (χ0) is 15.1. The number of carbonyl (C=O) groups is 1. The summed E-state index contributed by atoms with van der Waals surface area (Å²) in [5, 5.41) is 6.77. The number of rotatable bonds is 7. The molecule has 0 spiro atoms. The normalized spacial score (nSPS) is 10.7. The van der Waals surface area contributed by atoms with E-state index in [4.69, 9.17) is 11.6 Å². The van der Waals surface area contributed by atoms with Gasteiger partial charge in [-0.3, -0.25) is 4.79 Å². The molecule has 0 saturated heterocycles. The maximum Gasteiger partial charge on any atom is 0.221 e. The lowest BCUT2D eigenvalue weighted by Crippen LogP contribution is -2.28. The number of anilines is 1. The van der Waals surface area contributed by atoms with Gasteiger partial charge < -0.3 is 15.5 Å². The first-order valence-electron chi connectivity index (χ1n) is 6.88. The Bertz CT molecular complexity index is 449. The van der Waals surface area contributed by atoms with Crippen molar-refractivity contribution in [1.29, 1.82) is 0 Å². The molecule has 0 atom stereocenters. The molecule has 1 rings (SSSR count). The number of carbonyl (C=O) groups excluding carboxylic acids is 1. The molecule has 20 heavy (non-hydrogen) atoms. The van der Waals surface area contributed by atoms with E-state index in [0.29, 0.717) is 19.0 Å². The van der Waals surface area contributed by atoms with Crippen molar-refractivity contribution < 1.29 is 4.79 Å². The SMILES string of the molecule is CNC(=O)CCN(C)c1cccc(Cl)c1CNC(C)C. The summed E-state index contributed by atoms with van der Waals surface area (Å²) in [6, 6.07) is 6.27. The highest BCUT2D eigenvalue weighted by Gasteiger charge is 2.12. The molecule has 0 aliphatic rings. The van der Waals surface area contributed by atoms with E-state index >= 15 is 0 Å². The number of nitrogens with zero attached hydrogens (tertiary/aromatic N) is 1. The molecule has 0 aromatic heterocycles. The smallest absolute Gasteiger partial charge is 0.221 e. The monoisotopic (exact) mass is 297 g/mol. The molecular weight excluding hydrogens is 274 g/mol. The topological polar surface area (TPSA) is 44.4 Å². The van der Waals surface area contributed by atoms with Crippen LogP contribution in [0.25, 0.3) is 0 Å². The molecule has 1 amide bonds. The molecule has 0 unspecified atom stereocenters. The quantitative estimate of drug-likeness (QED) is 0.812. The maximum atomic E-state index is 11.3. The number of nitrogens with one attached hydrogen (secondary N) is 2. The van der Waals surface area contributed by atoms with Gasteiger partial charge >= 0.3 is 0 Å². The largest absolute Gasteiger partial charge is 0.374 e. The average molecular weight is 298 g/mol. The van der Waals surface area contributed by atoms with Crippen molar-refractivity contribution in [2.45, 2.75) is 32.9 Å². The second kappa shape index (κ2) is 8.12. The van der Waals surface area contributed by atoms with Crippen LogP contribution in [0.4, 0.5) is 5.69 Å². The van der Waals surface area contributed by atoms with Gasteiger partial charge in [0, 0.05) is 55.9 Å². The minimum absolute atomic E-state index is 0.0423. The molecular formula is C15H24ClN3O. The van der Waals surface area contributed by atoms with Crippen molar-refractivity contribution in [3.8, 4) is 0 Å². The Morgan fingerprint density at radius 3 is 2.70 bits per heavy atom. The van der Waals surface area contributed by atoms with Gasteiger partial charge in [0.1, 0.15) is 0 Å². The highest BCUT2D eigenvalue weighted by molar-refractivity contribution is 6.31. The summed E-state index contributed by atoms with van der Waals surface area (Å²) in [6.45, 7) is 5.59. The molecule has 0 bridgehead atoms. The highest BCUT2D eigenvalue weighted by Crippen LogP contribution is 2.27. The first-order valence-corrected chi connectivity index (χ1v) is 7.26. The van der Waals surface area contributed by atoms with Crippen molar-refractivity contribution in [3.63, 3.8) is 0 Å². The van der Waals surface area contributed by atoms with Crippen LogP contribution in [0, 0.1) is 0 Å². The van der Waals surface area contributed by atoms with Crippen LogP contribution in [-0.2, 0) is 11.3 Å². The summed E-state index contributed by atoms with van der Waals surface area (Å²) in [4.78, 5) is 13.4. The first kappa shape index (κ1) is 16.8. The Balaban J connectivity index is 2.81.